The van der Waals surface area contributed by atoms with Crippen molar-refractivity contribution in [3.63, 3.8) is 0 Å². The lowest BCUT2D eigenvalue weighted by Crippen LogP contribution is -2.16. The zero-order valence-corrected chi connectivity index (χ0v) is 12.6. The van der Waals surface area contributed by atoms with Crippen LogP contribution in [-0.4, -0.2) is 29.6 Å². The predicted octanol–water partition coefficient (Wildman–Crippen LogP) is 1.20. The average molecular weight is 306 g/mol. The number of nitrogens with zero attached hydrogens (tertiary/aromatic N) is 2. The molecule has 0 amide bonds. The Bertz CT molecular complexity index is 750. The summed E-state index contributed by atoms with van der Waals surface area (Å²) in [5.41, 5.74) is 5.80. The fraction of sp³-hybridized carbons (Fsp3) is 0.286. The molecule has 0 aliphatic rings. The first-order chi connectivity index (χ1) is 9.94. The molecule has 2 aromatic rings. The standard InChI is InChI=1S/C14H18N4O2S/c1-2-13-17-6-7-18(13)8-9-21(19,20)12-5-3-4-11(10-12)14(15)16/h3-7,10H,2,8-9H2,1H3,(H3,15,16). The first-order valence-corrected chi connectivity index (χ1v) is 8.26. The molecule has 0 aliphatic carbocycles. The Morgan fingerprint density at radius 2 is 2.19 bits per heavy atom. The molecule has 0 radical (unpaired) electrons. The van der Waals surface area contributed by atoms with Gasteiger partial charge in [-0.3, -0.25) is 5.41 Å². The molecule has 112 valence electrons. The Hall–Kier alpha value is -2.15. The van der Waals surface area contributed by atoms with Gasteiger partial charge in [-0.15, -0.1) is 0 Å². The van der Waals surface area contributed by atoms with E-state index in [0.29, 0.717) is 12.1 Å². The van der Waals surface area contributed by atoms with Gasteiger partial charge in [-0.05, 0) is 12.1 Å². The second kappa shape index (κ2) is 6.09. The number of benzene rings is 1. The molecule has 2 rings (SSSR count). The highest BCUT2D eigenvalue weighted by Gasteiger charge is 2.16. The van der Waals surface area contributed by atoms with Crippen molar-refractivity contribution < 1.29 is 8.42 Å². The molecule has 6 nitrogen and oxygen atoms in total. The van der Waals surface area contributed by atoms with Crippen LogP contribution in [0.25, 0.3) is 0 Å². The lowest BCUT2D eigenvalue weighted by atomic mass is 10.2. The summed E-state index contributed by atoms with van der Waals surface area (Å²) in [6, 6.07) is 6.17. The normalized spacial score (nSPS) is 11.5. The summed E-state index contributed by atoms with van der Waals surface area (Å²) in [6.45, 7) is 2.33. The van der Waals surface area contributed by atoms with Gasteiger partial charge in [0.25, 0.3) is 0 Å². The topological polar surface area (TPSA) is 102 Å². The fourth-order valence-electron chi connectivity index (χ4n) is 2.05. The van der Waals surface area contributed by atoms with Crippen LogP contribution in [0, 0.1) is 5.41 Å². The van der Waals surface area contributed by atoms with E-state index in [0.717, 1.165) is 12.2 Å². The van der Waals surface area contributed by atoms with Crippen molar-refractivity contribution >= 4 is 15.7 Å². The molecule has 0 bridgehead atoms. The van der Waals surface area contributed by atoms with Crippen LogP contribution in [0.3, 0.4) is 0 Å². The Morgan fingerprint density at radius 1 is 1.43 bits per heavy atom. The summed E-state index contributed by atoms with van der Waals surface area (Å²) in [5.74, 6) is 0.704. The summed E-state index contributed by atoms with van der Waals surface area (Å²) < 4.78 is 26.6. The third-order valence-corrected chi connectivity index (χ3v) is 4.92. The second-order valence-corrected chi connectivity index (χ2v) is 6.76. The lowest BCUT2D eigenvalue weighted by molar-refractivity contribution is 0.586. The van der Waals surface area contributed by atoms with Gasteiger partial charge in [0, 0.05) is 30.9 Å². The molecule has 3 N–H and O–H groups in total. The molecular weight excluding hydrogens is 288 g/mol. The molecule has 1 aromatic heterocycles. The van der Waals surface area contributed by atoms with E-state index in [9.17, 15) is 8.42 Å². The monoisotopic (exact) mass is 306 g/mol. The second-order valence-electron chi connectivity index (χ2n) is 4.65. The number of amidine groups is 1. The summed E-state index contributed by atoms with van der Waals surface area (Å²) in [4.78, 5) is 4.36. The van der Waals surface area contributed by atoms with E-state index in [-0.39, 0.29) is 16.5 Å². The summed E-state index contributed by atoms with van der Waals surface area (Å²) in [7, 11) is -3.42. The van der Waals surface area contributed by atoms with E-state index < -0.39 is 9.84 Å². The van der Waals surface area contributed by atoms with Crippen molar-refractivity contribution in [2.24, 2.45) is 5.73 Å². The van der Waals surface area contributed by atoms with Gasteiger partial charge in [-0.25, -0.2) is 13.4 Å². The van der Waals surface area contributed by atoms with Crippen LogP contribution in [0.5, 0.6) is 0 Å². The Balaban J connectivity index is 2.19. The van der Waals surface area contributed by atoms with Gasteiger partial charge >= 0.3 is 0 Å². The third kappa shape index (κ3) is 3.49. The first-order valence-electron chi connectivity index (χ1n) is 6.61. The molecule has 21 heavy (non-hydrogen) atoms. The van der Waals surface area contributed by atoms with Crippen LogP contribution >= 0.6 is 0 Å². The molecule has 0 spiro atoms. The maximum Gasteiger partial charge on any atom is 0.180 e. The Labute approximate surface area is 124 Å². The van der Waals surface area contributed by atoms with Gasteiger partial charge in [0.1, 0.15) is 11.7 Å². The summed E-state index contributed by atoms with van der Waals surface area (Å²) in [6.07, 6.45) is 4.20. The molecule has 1 heterocycles. The number of aryl methyl sites for hydroxylation is 2. The van der Waals surface area contributed by atoms with Crippen molar-refractivity contribution in [3.05, 3.63) is 48.0 Å². The minimum atomic E-state index is -3.42. The molecular formula is C14H18N4O2S. The number of nitrogen functional groups attached to an aromatic ring is 1. The molecule has 7 heteroatoms. The van der Waals surface area contributed by atoms with Crippen LogP contribution in [0.4, 0.5) is 0 Å². The Morgan fingerprint density at radius 3 is 2.86 bits per heavy atom. The quantitative estimate of drug-likeness (QED) is 0.618. The first kappa shape index (κ1) is 15.2. The van der Waals surface area contributed by atoms with Crippen molar-refractivity contribution in [3.8, 4) is 0 Å². The molecule has 0 atom stereocenters. The van der Waals surface area contributed by atoms with Crippen molar-refractivity contribution in [2.75, 3.05) is 5.75 Å². The number of imidazole rings is 1. The van der Waals surface area contributed by atoms with E-state index >= 15 is 0 Å². The van der Waals surface area contributed by atoms with E-state index in [1.807, 2.05) is 11.5 Å². The molecule has 0 saturated carbocycles. The maximum absolute atomic E-state index is 12.4. The highest BCUT2D eigenvalue weighted by molar-refractivity contribution is 7.91. The van der Waals surface area contributed by atoms with Gasteiger partial charge in [-0.1, -0.05) is 19.1 Å². The van der Waals surface area contributed by atoms with Gasteiger partial charge in [0.05, 0.1) is 10.6 Å². The summed E-state index contributed by atoms with van der Waals surface area (Å²) in [5, 5.41) is 7.38. The van der Waals surface area contributed by atoms with E-state index in [4.69, 9.17) is 11.1 Å². The molecule has 0 aliphatic heterocycles. The van der Waals surface area contributed by atoms with E-state index in [1.165, 1.54) is 12.1 Å². The molecule has 0 fully saturated rings. The molecule has 1 aromatic carbocycles. The highest BCUT2D eigenvalue weighted by Crippen LogP contribution is 2.14. The number of rotatable bonds is 6. The van der Waals surface area contributed by atoms with E-state index in [2.05, 4.69) is 4.98 Å². The SMILES string of the molecule is CCc1nccn1CCS(=O)(=O)c1cccc(C(=N)N)c1. The minimum absolute atomic E-state index is 0.0162. The number of hydrogen-bond acceptors (Lipinski definition) is 4. The summed E-state index contributed by atoms with van der Waals surface area (Å²) >= 11 is 0. The zero-order valence-electron chi connectivity index (χ0n) is 11.8. The van der Waals surface area contributed by atoms with Crippen LogP contribution < -0.4 is 5.73 Å². The van der Waals surface area contributed by atoms with Gasteiger partial charge < -0.3 is 10.3 Å². The maximum atomic E-state index is 12.4. The van der Waals surface area contributed by atoms with Crippen molar-refractivity contribution in [2.45, 2.75) is 24.8 Å². The fourth-order valence-corrected chi connectivity index (χ4v) is 3.32. The van der Waals surface area contributed by atoms with E-state index in [1.54, 1.807) is 24.5 Å². The average Bonchev–Trinajstić information content (AvgIpc) is 2.93. The number of aromatic nitrogens is 2. The zero-order chi connectivity index (χ0) is 15.5. The molecule has 0 unspecified atom stereocenters. The van der Waals surface area contributed by atoms with Crippen LogP contribution in [0.15, 0.2) is 41.6 Å². The largest absolute Gasteiger partial charge is 0.384 e. The highest BCUT2D eigenvalue weighted by atomic mass is 32.2. The van der Waals surface area contributed by atoms with Crippen LogP contribution in [0.2, 0.25) is 0 Å². The third-order valence-electron chi connectivity index (χ3n) is 3.22. The van der Waals surface area contributed by atoms with Gasteiger partial charge in [0.15, 0.2) is 9.84 Å². The minimum Gasteiger partial charge on any atom is -0.384 e. The van der Waals surface area contributed by atoms with Crippen molar-refractivity contribution in [1.29, 1.82) is 5.41 Å². The van der Waals surface area contributed by atoms with Gasteiger partial charge in [-0.2, -0.15) is 0 Å². The van der Waals surface area contributed by atoms with Crippen molar-refractivity contribution in [1.82, 2.24) is 9.55 Å². The number of sulfone groups is 1. The number of nitrogens with two attached hydrogens (primary N) is 1. The molecule has 0 saturated heterocycles. The van der Waals surface area contributed by atoms with Gasteiger partial charge in [0.2, 0.25) is 0 Å². The van der Waals surface area contributed by atoms with Crippen LogP contribution in [-0.2, 0) is 22.8 Å². The Kier molecular flexibility index (Phi) is 4.42. The van der Waals surface area contributed by atoms with Crippen LogP contribution in [0.1, 0.15) is 18.3 Å². The predicted molar refractivity (Wildman–Crippen MR) is 81.1 cm³/mol. The number of hydrogen-bond donors (Lipinski definition) is 2. The smallest absolute Gasteiger partial charge is 0.180 e. The number of nitrogens with one attached hydrogen (secondary N) is 1. The lowest BCUT2D eigenvalue weighted by Gasteiger charge is -2.08.